The predicted octanol–water partition coefficient (Wildman–Crippen LogP) is 2.31. The van der Waals surface area contributed by atoms with Crippen LogP contribution in [-0.4, -0.2) is 75.1 Å². The van der Waals surface area contributed by atoms with E-state index >= 15 is 0 Å². The Balaban J connectivity index is 0.00000385. The number of hydrogen-bond acceptors (Lipinski definition) is 5. The van der Waals surface area contributed by atoms with Crippen LogP contribution in [0.2, 0.25) is 0 Å². The summed E-state index contributed by atoms with van der Waals surface area (Å²) in [5, 5.41) is 6.23. The average molecular weight is 569 g/mol. The van der Waals surface area contributed by atoms with Gasteiger partial charge in [-0.05, 0) is 48.9 Å². The maximum atomic E-state index is 13.2. The van der Waals surface area contributed by atoms with E-state index in [4.69, 9.17) is 0 Å². The molecule has 0 bridgehead atoms. The minimum Gasteiger partial charge on any atom is -0.368 e. The van der Waals surface area contributed by atoms with E-state index in [1.165, 1.54) is 12.1 Å². The average Bonchev–Trinajstić information content (AvgIpc) is 2.81. The van der Waals surface area contributed by atoms with E-state index in [0.29, 0.717) is 19.0 Å². The van der Waals surface area contributed by atoms with Gasteiger partial charge in [-0.15, -0.1) is 24.0 Å². The number of anilines is 2. The molecule has 2 aromatic rings. The largest absolute Gasteiger partial charge is 0.368 e. The molecule has 8 nitrogen and oxygen atoms in total. The minimum absolute atomic E-state index is 0. The van der Waals surface area contributed by atoms with E-state index in [0.717, 1.165) is 43.2 Å². The van der Waals surface area contributed by atoms with Crippen LogP contribution in [0.4, 0.5) is 15.9 Å². The molecule has 180 valence electrons. The van der Waals surface area contributed by atoms with Crippen molar-refractivity contribution in [2.24, 2.45) is 4.99 Å². The maximum Gasteiger partial charge on any atom is 0.241 e. The Labute approximate surface area is 212 Å². The van der Waals surface area contributed by atoms with Gasteiger partial charge in [0.2, 0.25) is 5.91 Å². The summed E-state index contributed by atoms with van der Waals surface area (Å²) >= 11 is 0. The number of nitrogens with zero attached hydrogens (tertiary/aromatic N) is 5. The van der Waals surface area contributed by atoms with Crippen LogP contribution in [0, 0.1) is 5.82 Å². The zero-order chi connectivity index (χ0) is 22.9. The van der Waals surface area contributed by atoms with Crippen molar-refractivity contribution in [1.29, 1.82) is 0 Å². The lowest BCUT2D eigenvalue weighted by Crippen LogP contribution is -2.46. The van der Waals surface area contributed by atoms with Crippen LogP contribution in [0.3, 0.4) is 0 Å². The summed E-state index contributed by atoms with van der Waals surface area (Å²) in [6, 6.07) is 10.7. The smallest absolute Gasteiger partial charge is 0.241 e. The third-order valence-electron chi connectivity index (χ3n) is 5.28. The highest BCUT2D eigenvalue weighted by Crippen LogP contribution is 2.20. The van der Waals surface area contributed by atoms with Crippen molar-refractivity contribution in [3.63, 3.8) is 0 Å². The number of aliphatic imine (C=N–C) groups is 1. The van der Waals surface area contributed by atoms with Crippen LogP contribution in [0.15, 0.2) is 47.6 Å². The molecular formula is C23H33FIN7O. The van der Waals surface area contributed by atoms with Crippen molar-refractivity contribution in [3.8, 4) is 0 Å². The fraction of sp³-hybridized carbons (Fsp3) is 0.435. The lowest BCUT2D eigenvalue weighted by molar-refractivity contribution is -0.127. The predicted molar refractivity (Wildman–Crippen MR) is 142 cm³/mol. The highest BCUT2D eigenvalue weighted by atomic mass is 127. The number of carbonyl (C=O) groups excluding carboxylic acids is 1. The van der Waals surface area contributed by atoms with Gasteiger partial charge in [-0.2, -0.15) is 0 Å². The van der Waals surface area contributed by atoms with E-state index in [1.54, 1.807) is 19.0 Å². The lowest BCUT2D eigenvalue weighted by atomic mass is 10.2. The van der Waals surface area contributed by atoms with Crippen LogP contribution >= 0.6 is 24.0 Å². The first-order valence-corrected chi connectivity index (χ1v) is 10.9. The summed E-state index contributed by atoms with van der Waals surface area (Å²) in [6.07, 6.45) is 1.81. The first-order valence-electron chi connectivity index (χ1n) is 10.9. The molecular weight excluding hydrogens is 536 g/mol. The number of guanidine groups is 1. The van der Waals surface area contributed by atoms with Gasteiger partial charge < -0.3 is 25.3 Å². The van der Waals surface area contributed by atoms with Crippen LogP contribution in [0.25, 0.3) is 0 Å². The Kier molecular flexibility index (Phi) is 10.6. The Hall–Kier alpha value is -2.63. The van der Waals surface area contributed by atoms with Gasteiger partial charge in [-0.3, -0.25) is 4.79 Å². The Morgan fingerprint density at radius 1 is 1.09 bits per heavy atom. The molecule has 0 spiro atoms. The number of hydrogen-bond donors (Lipinski definition) is 2. The molecule has 0 atom stereocenters. The quantitative estimate of drug-likeness (QED) is 0.303. The molecule has 1 aromatic carbocycles. The molecule has 1 fully saturated rings. The number of halogens is 2. The first kappa shape index (κ1) is 26.6. The second-order valence-electron chi connectivity index (χ2n) is 7.81. The molecule has 1 saturated heterocycles. The van der Waals surface area contributed by atoms with Gasteiger partial charge in [0.05, 0.1) is 13.1 Å². The molecule has 1 aliphatic rings. The highest BCUT2D eigenvalue weighted by molar-refractivity contribution is 14.0. The van der Waals surface area contributed by atoms with Crippen molar-refractivity contribution in [2.45, 2.75) is 13.5 Å². The molecule has 0 saturated carbocycles. The minimum atomic E-state index is -0.215. The van der Waals surface area contributed by atoms with Crippen LogP contribution in [0.1, 0.15) is 12.5 Å². The third kappa shape index (κ3) is 8.02. The number of benzene rings is 1. The van der Waals surface area contributed by atoms with Gasteiger partial charge in [-0.1, -0.05) is 0 Å². The fourth-order valence-electron chi connectivity index (χ4n) is 3.41. The van der Waals surface area contributed by atoms with E-state index in [-0.39, 0.29) is 42.2 Å². The second-order valence-corrected chi connectivity index (χ2v) is 7.81. The standard InChI is InChI=1S/C23H32FN7O.HI/c1-4-25-23(28-17-22(32)29(2)3)27-16-18-9-10-26-21(15-18)31-13-11-30(12-14-31)20-7-5-19(24)6-8-20;/h5-10,15H,4,11-14,16-17H2,1-3H3,(H2,25,27,28);1H. The molecule has 0 radical (unpaired) electrons. The zero-order valence-corrected chi connectivity index (χ0v) is 21.8. The van der Waals surface area contributed by atoms with Gasteiger partial charge in [-0.25, -0.2) is 14.4 Å². The van der Waals surface area contributed by atoms with Crippen molar-refractivity contribution in [3.05, 3.63) is 54.0 Å². The summed E-state index contributed by atoms with van der Waals surface area (Å²) in [5.74, 6) is 1.31. The highest BCUT2D eigenvalue weighted by Gasteiger charge is 2.18. The summed E-state index contributed by atoms with van der Waals surface area (Å²) in [5.41, 5.74) is 2.09. The number of aromatic nitrogens is 1. The molecule has 0 unspecified atom stereocenters. The summed E-state index contributed by atoms with van der Waals surface area (Å²) < 4.78 is 13.2. The molecule has 0 aliphatic carbocycles. The Morgan fingerprint density at radius 2 is 1.76 bits per heavy atom. The molecule has 2 heterocycles. The normalized spacial score (nSPS) is 13.9. The number of amides is 1. The summed E-state index contributed by atoms with van der Waals surface area (Å²) in [7, 11) is 3.46. The molecule has 3 rings (SSSR count). The van der Waals surface area contributed by atoms with Gasteiger partial charge in [0.25, 0.3) is 0 Å². The topological polar surface area (TPSA) is 76.1 Å². The molecule has 2 N–H and O–H groups in total. The molecule has 33 heavy (non-hydrogen) atoms. The van der Waals surface area contributed by atoms with E-state index < -0.39 is 0 Å². The van der Waals surface area contributed by atoms with Gasteiger partial charge in [0.15, 0.2) is 5.96 Å². The number of rotatable bonds is 7. The molecule has 1 aliphatic heterocycles. The zero-order valence-electron chi connectivity index (χ0n) is 19.4. The van der Waals surface area contributed by atoms with Gasteiger partial charge in [0.1, 0.15) is 11.6 Å². The number of nitrogens with one attached hydrogen (secondary N) is 2. The SMILES string of the molecule is CCNC(=NCc1ccnc(N2CCN(c3ccc(F)cc3)CC2)c1)NCC(=O)N(C)C.I. The molecule has 1 amide bonds. The van der Waals surface area contributed by atoms with Crippen LogP contribution in [-0.2, 0) is 11.3 Å². The first-order chi connectivity index (χ1) is 15.5. The van der Waals surface area contributed by atoms with Crippen molar-refractivity contribution in [1.82, 2.24) is 20.5 Å². The lowest BCUT2D eigenvalue weighted by Gasteiger charge is -2.36. The third-order valence-corrected chi connectivity index (χ3v) is 5.28. The Bertz CT molecular complexity index is 915. The van der Waals surface area contributed by atoms with Crippen molar-refractivity contribution >= 4 is 47.3 Å². The van der Waals surface area contributed by atoms with Gasteiger partial charge in [0, 0.05) is 58.7 Å². The van der Waals surface area contributed by atoms with Crippen LogP contribution < -0.4 is 20.4 Å². The second kappa shape index (κ2) is 13.2. The number of likely N-dealkylation sites (N-methyl/N-ethyl adjacent to an activating group) is 1. The number of carbonyl (C=O) groups is 1. The van der Waals surface area contributed by atoms with Crippen LogP contribution in [0.5, 0.6) is 0 Å². The summed E-state index contributed by atoms with van der Waals surface area (Å²) in [6.45, 7) is 6.76. The molecule has 1 aromatic heterocycles. The number of pyridine rings is 1. The van der Waals surface area contributed by atoms with E-state index in [9.17, 15) is 9.18 Å². The summed E-state index contributed by atoms with van der Waals surface area (Å²) in [4.78, 5) is 27.0. The number of piperazine rings is 1. The van der Waals surface area contributed by atoms with E-state index in [2.05, 4.69) is 36.5 Å². The maximum absolute atomic E-state index is 13.2. The monoisotopic (exact) mass is 569 g/mol. The van der Waals surface area contributed by atoms with Gasteiger partial charge >= 0.3 is 0 Å². The fourth-order valence-corrected chi connectivity index (χ4v) is 3.41. The van der Waals surface area contributed by atoms with Crippen molar-refractivity contribution in [2.75, 3.05) is 63.2 Å². The molecule has 10 heteroatoms. The van der Waals surface area contributed by atoms with E-state index in [1.807, 2.05) is 31.3 Å². The van der Waals surface area contributed by atoms with Crippen molar-refractivity contribution < 1.29 is 9.18 Å². The Morgan fingerprint density at radius 3 is 2.39 bits per heavy atom.